The van der Waals surface area contributed by atoms with E-state index in [9.17, 15) is 15.3 Å². The maximum atomic E-state index is 9.51. The van der Waals surface area contributed by atoms with Crippen molar-refractivity contribution in [2.24, 2.45) is 4.99 Å². The van der Waals surface area contributed by atoms with Crippen molar-refractivity contribution in [1.82, 2.24) is 0 Å². The number of benzene rings is 2. The molecule has 17 heavy (non-hydrogen) atoms. The lowest BCUT2D eigenvalue weighted by atomic mass is 10.2. The third-order valence-corrected chi connectivity index (χ3v) is 2.24. The summed E-state index contributed by atoms with van der Waals surface area (Å²) in [6, 6.07) is 10.8. The molecule has 4 heteroatoms. The number of aliphatic imine (C=N–C) groups is 1. The van der Waals surface area contributed by atoms with Gasteiger partial charge in [-0.25, -0.2) is 0 Å². The SMILES string of the molecule is Oc1ccc(O)c(N=Cc2ccccc2O)c1. The summed E-state index contributed by atoms with van der Waals surface area (Å²) >= 11 is 0. The maximum Gasteiger partial charge on any atom is 0.141 e. The van der Waals surface area contributed by atoms with Gasteiger partial charge in [0.05, 0.1) is 0 Å². The number of hydrogen-bond acceptors (Lipinski definition) is 4. The average molecular weight is 229 g/mol. The van der Waals surface area contributed by atoms with Gasteiger partial charge in [-0.1, -0.05) is 12.1 Å². The highest BCUT2D eigenvalue weighted by Gasteiger charge is 2.00. The molecule has 3 N–H and O–H groups in total. The summed E-state index contributed by atoms with van der Waals surface area (Å²) in [7, 11) is 0. The zero-order valence-corrected chi connectivity index (χ0v) is 8.91. The van der Waals surface area contributed by atoms with Crippen molar-refractivity contribution < 1.29 is 15.3 Å². The fourth-order valence-corrected chi connectivity index (χ4v) is 1.35. The lowest BCUT2D eigenvalue weighted by Gasteiger charge is -2.00. The molecule has 0 bridgehead atoms. The molecule has 2 rings (SSSR count). The quantitative estimate of drug-likeness (QED) is 0.547. The first-order valence-electron chi connectivity index (χ1n) is 5.01. The Hall–Kier alpha value is -2.49. The first-order chi connectivity index (χ1) is 8.16. The Balaban J connectivity index is 2.32. The second-order valence-electron chi connectivity index (χ2n) is 3.49. The number of hydrogen-bond donors (Lipinski definition) is 3. The Morgan fingerprint density at radius 2 is 1.65 bits per heavy atom. The average Bonchev–Trinajstić information content (AvgIpc) is 2.32. The van der Waals surface area contributed by atoms with Crippen LogP contribution in [0.1, 0.15) is 5.56 Å². The van der Waals surface area contributed by atoms with Gasteiger partial charge in [-0.05, 0) is 24.3 Å². The third-order valence-electron chi connectivity index (χ3n) is 2.24. The van der Waals surface area contributed by atoms with Crippen molar-refractivity contribution in [2.45, 2.75) is 0 Å². The number of nitrogens with zero attached hydrogens (tertiary/aromatic N) is 1. The van der Waals surface area contributed by atoms with Crippen LogP contribution in [-0.4, -0.2) is 21.5 Å². The van der Waals surface area contributed by atoms with Gasteiger partial charge in [0, 0.05) is 17.8 Å². The highest BCUT2D eigenvalue weighted by atomic mass is 16.3. The number of rotatable bonds is 2. The fraction of sp³-hybridized carbons (Fsp3) is 0. The lowest BCUT2D eigenvalue weighted by Crippen LogP contribution is -1.81. The molecule has 0 fully saturated rings. The molecule has 0 saturated carbocycles. The zero-order chi connectivity index (χ0) is 12.3. The van der Waals surface area contributed by atoms with Crippen LogP contribution < -0.4 is 0 Å². The summed E-state index contributed by atoms with van der Waals surface area (Å²) in [5.74, 6) is 0.0950. The van der Waals surface area contributed by atoms with Crippen LogP contribution in [0.25, 0.3) is 0 Å². The second kappa shape index (κ2) is 4.57. The topological polar surface area (TPSA) is 73.0 Å². The van der Waals surface area contributed by atoms with E-state index in [0.29, 0.717) is 5.56 Å². The molecular weight excluding hydrogens is 218 g/mol. The molecule has 0 saturated heterocycles. The maximum absolute atomic E-state index is 9.51. The van der Waals surface area contributed by atoms with Gasteiger partial charge in [0.2, 0.25) is 0 Å². The van der Waals surface area contributed by atoms with E-state index in [2.05, 4.69) is 4.99 Å². The number of phenolic OH excluding ortho intramolecular Hbond substituents is 3. The zero-order valence-electron chi connectivity index (χ0n) is 8.91. The van der Waals surface area contributed by atoms with Crippen molar-refractivity contribution in [3.05, 3.63) is 48.0 Å². The van der Waals surface area contributed by atoms with Crippen LogP contribution in [0, 0.1) is 0 Å². The fourth-order valence-electron chi connectivity index (χ4n) is 1.35. The van der Waals surface area contributed by atoms with E-state index in [4.69, 9.17) is 0 Å². The molecule has 0 atom stereocenters. The minimum Gasteiger partial charge on any atom is -0.508 e. The first-order valence-corrected chi connectivity index (χ1v) is 5.01. The predicted octanol–water partition coefficient (Wildman–Crippen LogP) is 2.55. The van der Waals surface area contributed by atoms with E-state index in [0.717, 1.165) is 0 Å². The van der Waals surface area contributed by atoms with Gasteiger partial charge in [0.25, 0.3) is 0 Å². The van der Waals surface area contributed by atoms with Crippen molar-refractivity contribution in [2.75, 3.05) is 0 Å². The van der Waals surface area contributed by atoms with Gasteiger partial charge in [-0.3, -0.25) is 4.99 Å². The molecule has 0 amide bonds. The van der Waals surface area contributed by atoms with E-state index in [1.807, 2.05) is 0 Å². The number of phenols is 3. The molecule has 0 aliphatic heterocycles. The van der Waals surface area contributed by atoms with Gasteiger partial charge in [-0.2, -0.15) is 0 Å². The number of aromatic hydroxyl groups is 3. The Labute approximate surface area is 98.1 Å². The summed E-state index contributed by atoms with van der Waals surface area (Å²) in [5, 5.41) is 28.3. The molecular formula is C13H11NO3. The summed E-state index contributed by atoms with van der Waals surface area (Å²) in [4.78, 5) is 4.00. The summed E-state index contributed by atoms with van der Waals surface area (Å²) in [6.45, 7) is 0. The van der Waals surface area contributed by atoms with Crippen LogP contribution in [0.2, 0.25) is 0 Å². The van der Waals surface area contributed by atoms with Gasteiger partial charge in [0.1, 0.15) is 22.9 Å². The second-order valence-corrected chi connectivity index (χ2v) is 3.49. The monoisotopic (exact) mass is 229 g/mol. The van der Waals surface area contributed by atoms with Gasteiger partial charge in [-0.15, -0.1) is 0 Å². The van der Waals surface area contributed by atoms with Gasteiger partial charge < -0.3 is 15.3 Å². The molecule has 0 spiro atoms. The largest absolute Gasteiger partial charge is 0.508 e. The molecule has 0 radical (unpaired) electrons. The minimum absolute atomic E-state index is 0.0206. The molecule has 0 aromatic heterocycles. The number of para-hydroxylation sites is 1. The van der Waals surface area contributed by atoms with Crippen LogP contribution in [-0.2, 0) is 0 Å². The van der Waals surface area contributed by atoms with Crippen molar-refractivity contribution in [1.29, 1.82) is 0 Å². The predicted molar refractivity (Wildman–Crippen MR) is 65.1 cm³/mol. The van der Waals surface area contributed by atoms with Crippen LogP contribution in [0.5, 0.6) is 17.2 Å². The molecule has 0 aliphatic rings. The van der Waals surface area contributed by atoms with Crippen LogP contribution >= 0.6 is 0 Å². The Morgan fingerprint density at radius 3 is 2.41 bits per heavy atom. The molecule has 4 nitrogen and oxygen atoms in total. The minimum atomic E-state index is -0.0329. The summed E-state index contributed by atoms with van der Waals surface area (Å²) in [6.07, 6.45) is 1.42. The Bertz CT molecular complexity index is 564. The lowest BCUT2D eigenvalue weighted by molar-refractivity contribution is 0.461. The molecule has 0 unspecified atom stereocenters. The van der Waals surface area contributed by atoms with E-state index in [1.165, 1.54) is 24.4 Å². The summed E-state index contributed by atoms with van der Waals surface area (Å²) in [5.41, 5.74) is 0.781. The Morgan fingerprint density at radius 1 is 0.882 bits per heavy atom. The normalized spacial score (nSPS) is 10.8. The van der Waals surface area contributed by atoms with E-state index in [-0.39, 0.29) is 22.9 Å². The molecule has 0 heterocycles. The van der Waals surface area contributed by atoms with Crippen LogP contribution in [0.15, 0.2) is 47.5 Å². The smallest absolute Gasteiger partial charge is 0.141 e. The highest BCUT2D eigenvalue weighted by molar-refractivity contribution is 5.85. The first kappa shape index (κ1) is 11.0. The molecule has 2 aromatic carbocycles. The van der Waals surface area contributed by atoms with E-state index >= 15 is 0 Å². The highest BCUT2D eigenvalue weighted by Crippen LogP contribution is 2.30. The van der Waals surface area contributed by atoms with E-state index < -0.39 is 0 Å². The summed E-state index contributed by atoms with van der Waals surface area (Å²) < 4.78 is 0. The third kappa shape index (κ3) is 2.55. The Kier molecular flexibility index (Phi) is 2.96. The van der Waals surface area contributed by atoms with Crippen LogP contribution in [0.3, 0.4) is 0 Å². The molecule has 86 valence electrons. The molecule has 0 aliphatic carbocycles. The van der Waals surface area contributed by atoms with Crippen molar-refractivity contribution in [3.8, 4) is 17.2 Å². The standard InChI is InChI=1S/C13H11NO3/c15-10-5-6-13(17)11(7-10)14-8-9-3-1-2-4-12(9)16/h1-8,15-17H. The van der Waals surface area contributed by atoms with Crippen molar-refractivity contribution >= 4 is 11.9 Å². The van der Waals surface area contributed by atoms with Gasteiger partial charge in [0.15, 0.2) is 0 Å². The van der Waals surface area contributed by atoms with Gasteiger partial charge >= 0.3 is 0 Å². The van der Waals surface area contributed by atoms with Crippen LogP contribution in [0.4, 0.5) is 5.69 Å². The van der Waals surface area contributed by atoms with E-state index in [1.54, 1.807) is 24.3 Å². The molecule has 2 aromatic rings. The van der Waals surface area contributed by atoms with Crippen molar-refractivity contribution in [3.63, 3.8) is 0 Å².